The van der Waals surface area contributed by atoms with Gasteiger partial charge in [-0.3, -0.25) is 4.79 Å². The van der Waals surface area contributed by atoms with Crippen molar-refractivity contribution in [1.29, 1.82) is 0 Å². The first-order chi connectivity index (χ1) is 13.3. The molecule has 2 aromatic carbocycles. The zero-order valence-electron chi connectivity index (χ0n) is 15.7. The minimum Gasteiger partial charge on any atom is -0.508 e. The first kappa shape index (κ1) is 21.4. The fourth-order valence-electron chi connectivity index (χ4n) is 2.54. The number of esters is 2. The molecule has 0 atom stereocenters. The Kier molecular flexibility index (Phi) is 7.17. The molecule has 2 aromatic rings. The molecular weight excluding hydrogens is 384 g/mol. The van der Waals surface area contributed by atoms with Gasteiger partial charge in [0.2, 0.25) is 9.84 Å². The number of aryl methyl sites for hydroxylation is 1. The number of phenols is 1. The van der Waals surface area contributed by atoms with Crippen LogP contribution in [0.2, 0.25) is 0 Å². The van der Waals surface area contributed by atoms with Gasteiger partial charge in [-0.1, -0.05) is 6.07 Å². The van der Waals surface area contributed by atoms with Crippen LogP contribution in [0.3, 0.4) is 0 Å². The maximum atomic E-state index is 12.9. The highest BCUT2D eigenvalue weighted by Crippen LogP contribution is 2.27. The van der Waals surface area contributed by atoms with Gasteiger partial charge >= 0.3 is 11.9 Å². The van der Waals surface area contributed by atoms with E-state index in [4.69, 9.17) is 9.47 Å². The summed E-state index contributed by atoms with van der Waals surface area (Å²) in [6.45, 7) is 3.77. The average Bonchev–Trinajstić information content (AvgIpc) is 2.67. The number of ether oxygens (including phenoxy) is 2. The normalized spacial score (nSPS) is 11.1. The summed E-state index contributed by atoms with van der Waals surface area (Å²) in [6.07, 6.45) is 0.153. The van der Waals surface area contributed by atoms with Crippen molar-refractivity contribution >= 4 is 21.8 Å². The predicted octanol–water partition coefficient (Wildman–Crippen LogP) is 2.90. The second kappa shape index (κ2) is 9.36. The summed E-state index contributed by atoms with van der Waals surface area (Å²) < 4.78 is 35.6. The molecular formula is C20H22O7S. The van der Waals surface area contributed by atoms with Gasteiger partial charge in [-0.05, 0) is 62.2 Å². The van der Waals surface area contributed by atoms with Crippen molar-refractivity contribution in [3.05, 3.63) is 53.6 Å². The highest BCUT2D eigenvalue weighted by atomic mass is 32.2. The van der Waals surface area contributed by atoms with E-state index in [9.17, 15) is 23.1 Å². The molecule has 28 heavy (non-hydrogen) atoms. The van der Waals surface area contributed by atoms with Gasteiger partial charge in [0, 0.05) is 6.42 Å². The smallest absolute Gasteiger partial charge is 0.338 e. The molecule has 0 unspecified atom stereocenters. The Balaban J connectivity index is 2.33. The van der Waals surface area contributed by atoms with Crippen molar-refractivity contribution in [2.24, 2.45) is 0 Å². The topological polar surface area (TPSA) is 107 Å². The van der Waals surface area contributed by atoms with Gasteiger partial charge in [0.15, 0.2) is 0 Å². The molecule has 0 saturated heterocycles. The van der Waals surface area contributed by atoms with E-state index in [2.05, 4.69) is 0 Å². The van der Waals surface area contributed by atoms with E-state index >= 15 is 0 Å². The van der Waals surface area contributed by atoms with E-state index in [0.29, 0.717) is 5.56 Å². The quantitative estimate of drug-likeness (QED) is 0.672. The zero-order chi connectivity index (χ0) is 20.7. The first-order valence-corrected chi connectivity index (χ1v) is 10.3. The largest absolute Gasteiger partial charge is 0.508 e. The van der Waals surface area contributed by atoms with E-state index in [0.717, 1.165) is 0 Å². The molecule has 0 bridgehead atoms. The summed E-state index contributed by atoms with van der Waals surface area (Å²) in [5.74, 6) is -1.15. The third-order valence-corrected chi connectivity index (χ3v) is 5.67. The average molecular weight is 406 g/mol. The van der Waals surface area contributed by atoms with Crippen molar-refractivity contribution in [2.75, 3.05) is 13.2 Å². The number of hydrogen-bond acceptors (Lipinski definition) is 7. The van der Waals surface area contributed by atoms with Gasteiger partial charge < -0.3 is 14.6 Å². The second-order valence-electron chi connectivity index (χ2n) is 5.85. The van der Waals surface area contributed by atoms with Crippen LogP contribution in [-0.2, 0) is 30.5 Å². The highest BCUT2D eigenvalue weighted by Gasteiger charge is 2.21. The van der Waals surface area contributed by atoms with Crippen LogP contribution < -0.4 is 0 Å². The number of rotatable bonds is 8. The maximum absolute atomic E-state index is 12.9. The van der Waals surface area contributed by atoms with Crippen LogP contribution in [0.1, 0.15) is 36.2 Å². The Labute approximate surface area is 163 Å². The number of aromatic hydroxyl groups is 1. The fourth-order valence-corrected chi connectivity index (χ4v) is 3.90. The summed E-state index contributed by atoms with van der Waals surface area (Å²) in [5.41, 5.74) is 0.444. The number of hydrogen-bond donors (Lipinski definition) is 1. The predicted molar refractivity (Wildman–Crippen MR) is 101 cm³/mol. The maximum Gasteiger partial charge on any atom is 0.338 e. The molecule has 7 nitrogen and oxygen atoms in total. The molecule has 2 rings (SSSR count). The van der Waals surface area contributed by atoms with Crippen molar-refractivity contribution in [3.63, 3.8) is 0 Å². The lowest BCUT2D eigenvalue weighted by molar-refractivity contribution is -0.143. The molecule has 1 N–H and O–H groups in total. The van der Waals surface area contributed by atoms with E-state index in [-0.39, 0.29) is 47.2 Å². The van der Waals surface area contributed by atoms with Gasteiger partial charge in [-0.2, -0.15) is 0 Å². The number of sulfone groups is 1. The standard InChI is InChI=1S/C20H22O7S/c1-3-26-19(22)11-8-14-12-17(9-10-18(14)21)28(24,25)16-7-5-6-15(13-16)20(23)27-4-2/h5-7,9-10,12-13,21H,3-4,8,11H2,1-2H3. The number of phenolic OH excluding ortho intramolecular Hbond substituents is 1. The molecule has 8 heteroatoms. The second-order valence-corrected chi connectivity index (χ2v) is 7.80. The van der Waals surface area contributed by atoms with Crippen molar-refractivity contribution in [2.45, 2.75) is 36.5 Å². The molecule has 150 valence electrons. The summed E-state index contributed by atoms with van der Waals surface area (Å²) in [7, 11) is -3.93. The Morgan fingerprint density at radius 3 is 2.32 bits per heavy atom. The van der Waals surface area contributed by atoms with Crippen molar-refractivity contribution < 1.29 is 32.6 Å². The van der Waals surface area contributed by atoms with Crippen LogP contribution in [0.15, 0.2) is 52.3 Å². The molecule has 0 aromatic heterocycles. The van der Waals surface area contributed by atoms with Crippen LogP contribution in [-0.4, -0.2) is 38.7 Å². The summed E-state index contributed by atoms with van der Waals surface area (Å²) in [6, 6.07) is 9.42. The van der Waals surface area contributed by atoms with E-state index in [1.54, 1.807) is 13.8 Å². The number of carbonyl (C=O) groups is 2. The molecule has 0 aliphatic carbocycles. The molecule has 0 saturated carbocycles. The van der Waals surface area contributed by atoms with E-state index in [1.807, 2.05) is 0 Å². The minimum atomic E-state index is -3.93. The van der Waals surface area contributed by atoms with Gasteiger partial charge in [0.1, 0.15) is 5.75 Å². The lowest BCUT2D eigenvalue weighted by Gasteiger charge is -2.10. The van der Waals surface area contributed by atoms with Crippen LogP contribution in [0.25, 0.3) is 0 Å². The summed E-state index contributed by atoms with van der Waals surface area (Å²) in [5, 5.41) is 9.98. The highest BCUT2D eigenvalue weighted by molar-refractivity contribution is 7.91. The van der Waals surface area contributed by atoms with Gasteiger partial charge in [0.05, 0.1) is 28.6 Å². The molecule has 0 fully saturated rings. The van der Waals surface area contributed by atoms with Crippen LogP contribution in [0, 0.1) is 0 Å². The molecule has 0 aliphatic heterocycles. The third kappa shape index (κ3) is 5.10. The van der Waals surface area contributed by atoms with E-state index in [1.165, 1.54) is 42.5 Å². The molecule has 0 amide bonds. The number of carbonyl (C=O) groups excluding carboxylic acids is 2. The molecule has 0 radical (unpaired) electrons. The minimum absolute atomic E-state index is 0.0171. The van der Waals surface area contributed by atoms with Gasteiger partial charge in [-0.15, -0.1) is 0 Å². The Bertz CT molecular complexity index is 964. The monoisotopic (exact) mass is 406 g/mol. The Morgan fingerprint density at radius 1 is 0.964 bits per heavy atom. The molecule has 0 spiro atoms. The number of benzene rings is 2. The van der Waals surface area contributed by atoms with Crippen molar-refractivity contribution in [3.8, 4) is 5.75 Å². The SMILES string of the molecule is CCOC(=O)CCc1cc(S(=O)(=O)c2cccc(C(=O)OCC)c2)ccc1O. The van der Waals surface area contributed by atoms with E-state index < -0.39 is 21.8 Å². The van der Waals surface area contributed by atoms with Crippen molar-refractivity contribution in [1.82, 2.24) is 0 Å². The lowest BCUT2D eigenvalue weighted by Crippen LogP contribution is -2.08. The summed E-state index contributed by atoms with van der Waals surface area (Å²) >= 11 is 0. The van der Waals surface area contributed by atoms with Crippen LogP contribution in [0.4, 0.5) is 0 Å². The van der Waals surface area contributed by atoms with Crippen LogP contribution in [0.5, 0.6) is 5.75 Å². The van der Waals surface area contributed by atoms with Gasteiger partial charge in [-0.25, -0.2) is 13.2 Å². The first-order valence-electron chi connectivity index (χ1n) is 8.79. The fraction of sp³-hybridized carbons (Fsp3) is 0.300. The van der Waals surface area contributed by atoms with Gasteiger partial charge in [0.25, 0.3) is 0 Å². The third-order valence-electron chi connectivity index (χ3n) is 3.92. The Morgan fingerprint density at radius 2 is 1.64 bits per heavy atom. The Hall–Kier alpha value is -2.87. The zero-order valence-corrected chi connectivity index (χ0v) is 16.5. The molecule has 0 heterocycles. The summed E-state index contributed by atoms with van der Waals surface area (Å²) in [4.78, 5) is 23.3. The van der Waals surface area contributed by atoms with Crippen LogP contribution >= 0.6 is 0 Å². The lowest BCUT2D eigenvalue weighted by atomic mass is 10.1. The molecule has 0 aliphatic rings.